The highest BCUT2D eigenvalue weighted by Crippen LogP contribution is 2.37. The SMILES string of the molecule is CC(C)(C)OC(=O)c1c(O)cccc1OC1CCC(F)(F)CC1. The molecule has 1 saturated carbocycles. The molecule has 128 valence electrons. The molecular formula is C17H22F2O4. The summed E-state index contributed by atoms with van der Waals surface area (Å²) in [4.78, 5) is 12.3. The fourth-order valence-corrected chi connectivity index (χ4v) is 2.46. The van der Waals surface area contributed by atoms with Crippen LogP contribution in [0.5, 0.6) is 11.5 Å². The first kappa shape index (κ1) is 17.5. The van der Waals surface area contributed by atoms with Crippen LogP contribution in [0.2, 0.25) is 0 Å². The Morgan fingerprint density at radius 1 is 1.26 bits per heavy atom. The number of benzene rings is 1. The lowest BCUT2D eigenvalue weighted by molar-refractivity contribution is -0.0585. The minimum Gasteiger partial charge on any atom is -0.507 e. The molecule has 0 aromatic heterocycles. The Hall–Kier alpha value is -1.85. The third-order valence-electron chi connectivity index (χ3n) is 3.57. The summed E-state index contributed by atoms with van der Waals surface area (Å²) in [5.74, 6) is -3.44. The Labute approximate surface area is 134 Å². The lowest BCUT2D eigenvalue weighted by Gasteiger charge is -2.29. The fraction of sp³-hybridized carbons (Fsp3) is 0.588. The smallest absolute Gasteiger partial charge is 0.346 e. The van der Waals surface area contributed by atoms with E-state index in [2.05, 4.69) is 0 Å². The molecule has 0 saturated heterocycles. The van der Waals surface area contributed by atoms with Crippen LogP contribution in [-0.2, 0) is 4.74 Å². The number of phenolic OH excluding ortho intramolecular Hbond substituents is 1. The lowest BCUT2D eigenvalue weighted by atomic mass is 9.94. The second kappa shape index (κ2) is 6.34. The summed E-state index contributed by atoms with van der Waals surface area (Å²) in [5.41, 5.74) is -0.788. The first-order valence-electron chi connectivity index (χ1n) is 7.67. The Kier molecular flexibility index (Phi) is 4.82. The Balaban J connectivity index is 2.16. The van der Waals surface area contributed by atoms with E-state index >= 15 is 0 Å². The third-order valence-corrected chi connectivity index (χ3v) is 3.57. The highest BCUT2D eigenvalue weighted by atomic mass is 19.3. The van der Waals surface area contributed by atoms with E-state index in [1.807, 2.05) is 0 Å². The molecule has 1 aromatic carbocycles. The number of ether oxygens (including phenoxy) is 2. The maximum Gasteiger partial charge on any atom is 0.346 e. The van der Waals surface area contributed by atoms with Crippen LogP contribution < -0.4 is 4.74 Å². The number of rotatable bonds is 3. The number of halogens is 2. The first-order chi connectivity index (χ1) is 10.6. The summed E-state index contributed by atoms with van der Waals surface area (Å²) >= 11 is 0. The normalized spacial score (nSPS) is 18.5. The molecule has 0 bridgehead atoms. The zero-order valence-corrected chi connectivity index (χ0v) is 13.6. The van der Waals surface area contributed by atoms with Crippen LogP contribution in [0.25, 0.3) is 0 Å². The Morgan fingerprint density at radius 2 is 1.87 bits per heavy atom. The highest BCUT2D eigenvalue weighted by molar-refractivity contribution is 5.95. The van der Waals surface area contributed by atoms with E-state index in [0.29, 0.717) is 0 Å². The summed E-state index contributed by atoms with van der Waals surface area (Å²) in [5, 5.41) is 9.97. The van der Waals surface area contributed by atoms with Gasteiger partial charge in [-0.15, -0.1) is 0 Å². The maximum absolute atomic E-state index is 13.2. The van der Waals surface area contributed by atoms with E-state index in [-0.39, 0.29) is 42.7 Å². The Morgan fingerprint density at radius 3 is 2.43 bits per heavy atom. The van der Waals surface area contributed by atoms with Crippen LogP contribution in [0.3, 0.4) is 0 Å². The molecule has 1 aliphatic rings. The van der Waals surface area contributed by atoms with Crippen LogP contribution in [-0.4, -0.2) is 28.7 Å². The van der Waals surface area contributed by atoms with Crippen LogP contribution in [0, 0.1) is 0 Å². The van der Waals surface area contributed by atoms with E-state index in [0.717, 1.165) is 0 Å². The van der Waals surface area contributed by atoms with Crippen molar-refractivity contribution in [2.75, 3.05) is 0 Å². The van der Waals surface area contributed by atoms with Crippen molar-refractivity contribution in [2.45, 2.75) is 64.1 Å². The molecule has 0 radical (unpaired) electrons. The number of carbonyl (C=O) groups is 1. The predicted octanol–water partition coefficient (Wildman–Crippen LogP) is 4.30. The van der Waals surface area contributed by atoms with Gasteiger partial charge in [-0.1, -0.05) is 6.07 Å². The number of carbonyl (C=O) groups excluding carboxylic acids is 1. The van der Waals surface area contributed by atoms with Gasteiger partial charge in [-0.05, 0) is 45.7 Å². The molecule has 0 amide bonds. The van der Waals surface area contributed by atoms with Crippen molar-refractivity contribution < 1.29 is 28.2 Å². The quantitative estimate of drug-likeness (QED) is 0.840. The lowest BCUT2D eigenvalue weighted by Crippen LogP contribution is -2.31. The van der Waals surface area contributed by atoms with Crippen molar-refractivity contribution in [1.82, 2.24) is 0 Å². The number of esters is 1. The molecule has 6 heteroatoms. The summed E-state index contributed by atoms with van der Waals surface area (Å²) in [6.45, 7) is 5.15. The molecule has 0 spiro atoms. The highest BCUT2D eigenvalue weighted by Gasteiger charge is 2.36. The number of aromatic hydroxyl groups is 1. The van der Waals surface area contributed by atoms with Gasteiger partial charge < -0.3 is 14.6 Å². The molecule has 1 fully saturated rings. The third kappa shape index (κ3) is 4.81. The number of hydrogen-bond donors (Lipinski definition) is 1. The molecule has 0 atom stereocenters. The molecule has 2 rings (SSSR count). The zero-order valence-electron chi connectivity index (χ0n) is 13.6. The standard InChI is InChI=1S/C17H22F2O4/c1-16(2,3)23-15(21)14-12(20)5-4-6-13(14)22-11-7-9-17(18,19)10-8-11/h4-6,11,20H,7-10H2,1-3H3. The molecule has 0 unspecified atom stereocenters. The van der Waals surface area contributed by atoms with Gasteiger partial charge in [0.25, 0.3) is 0 Å². The number of alkyl halides is 2. The van der Waals surface area contributed by atoms with Gasteiger partial charge >= 0.3 is 5.97 Å². The van der Waals surface area contributed by atoms with E-state index in [1.165, 1.54) is 18.2 Å². The summed E-state index contributed by atoms with van der Waals surface area (Å²) < 4.78 is 37.4. The molecule has 1 aromatic rings. The molecule has 4 nitrogen and oxygen atoms in total. The first-order valence-corrected chi connectivity index (χ1v) is 7.67. The van der Waals surface area contributed by atoms with Gasteiger partial charge in [0.2, 0.25) is 5.92 Å². The number of hydrogen-bond acceptors (Lipinski definition) is 4. The van der Waals surface area contributed by atoms with Gasteiger partial charge in [-0.3, -0.25) is 0 Å². The van der Waals surface area contributed by atoms with Crippen LogP contribution >= 0.6 is 0 Å². The van der Waals surface area contributed by atoms with Crippen LogP contribution in [0.15, 0.2) is 18.2 Å². The van der Waals surface area contributed by atoms with Gasteiger partial charge in [-0.2, -0.15) is 0 Å². The number of phenols is 1. The van der Waals surface area contributed by atoms with Gasteiger partial charge in [0, 0.05) is 12.8 Å². The van der Waals surface area contributed by atoms with Gasteiger partial charge in [0.15, 0.2) is 0 Å². The molecule has 1 N–H and O–H groups in total. The van der Waals surface area contributed by atoms with E-state index in [1.54, 1.807) is 20.8 Å². The summed E-state index contributed by atoms with van der Waals surface area (Å²) in [7, 11) is 0. The summed E-state index contributed by atoms with van der Waals surface area (Å²) in [6.07, 6.45) is -0.471. The van der Waals surface area contributed by atoms with Crippen molar-refractivity contribution in [3.8, 4) is 11.5 Å². The van der Waals surface area contributed by atoms with Crippen molar-refractivity contribution >= 4 is 5.97 Å². The predicted molar refractivity (Wildman–Crippen MR) is 81.1 cm³/mol. The average molecular weight is 328 g/mol. The maximum atomic E-state index is 13.2. The van der Waals surface area contributed by atoms with Crippen LogP contribution in [0.4, 0.5) is 8.78 Å². The van der Waals surface area contributed by atoms with E-state index in [4.69, 9.17) is 9.47 Å². The van der Waals surface area contributed by atoms with Crippen LogP contribution in [0.1, 0.15) is 56.8 Å². The Bertz CT molecular complexity index is 568. The molecule has 23 heavy (non-hydrogen) atoms. The zero-order chi connectivity index (χ0) is 17.3. The van der Waals surface area contributed by atoms with Gasteiger partial charge in [-0.25, -0.2) is 13.6 Å². The van der Waals surface area contributed by atoms with Gasteiger partial charge in [0.1, 0.15) is 22.7 Å². The molecular weight excluding hydrogens is 306 g/mol. The second-order valence-corrected chi connectivity index (χ2v) is 6.83. The van der Waals surface area contributed by atoms with Crippen molar-refractivity contribution in [3.63, 3.8) is 0 Å². The van der Waals surface area contributed by atoms with Crippen molar-refractivity contribution in [2.24, 2.45) is 0 Å². The summed E-state index contributed by atoms with van der Waals surface area (Å²) in [6, 6.07) is 4.43. The molecule has 1 aliphatic carbocycles. The minimum atomic E-state index is -2.65. The van der Waals surface area contributed by atoms with E-state index < -0.39 is 23.6 Å². The largest absolute Gasteiger partial charge is 0.507 e. The monoisotopic (exact) mass is 328 g/mol. The van der Waals surface area contributed by atoms with Crippen molar-refractivity contribution in [3.05, 3.63) is 23.8 Å². The second-order valence-electron chi connectivity index (χ2n) is 6.83. The molecule has 0 aliphatic heterocycles. The average Bonchev–Trinajstić information content (AvgIpc) is 2.39. The van der Waals surface area contributed by atoms with E-state index in [9.17, 15) is 18.7 Å². The van der Waals surface area contributed by atoms with Gasteiger partial charge in [0.05, 0.1) is 6.10 Å². The molecule has 0 heterocycles. The topological polar surface area (TPSA) is 55.8 Å². The van der Waals surface area contributed by atoms with Crippen molar-refractivity contribution in [1.29, 1.82) is 0 Å². The minimum absolute atomic E-state index is 0.0697. The fourth-order valence-electron chi connectivity index (χ4n) is 2.46.